The van der Waals surface area contributed by atoms with E-state index in [0.29, 0.717) is 11.3 Å². The second kappa shape index (κ2) is 5.39. The summed E-state index contributed by atoms with van der Waals surface area (Å²) in [6.45, 7) is 1.71. The predicted octanol–water partition coefficient (Wildman–Crippen LogP) is 2.08. The van der Waals surface area contributed by atoms with E-state index in [1.54, 1.807) is 13.0 Å². The van der Waals surface area contributed by atoms with Crippen LogP contribution >= 0.6 is 0 Å². The molecule has 0 bridgehead atoms. The lowest BCUT2D eigenvalue weighted by Gasteiger charge is -2.08. The van der Waals surface area contributed by atoms with Crippen molar-refractivity contribution in [3.8, 4) is 17.4 Å². The molecular weight excluding hydrogens is 264 g/mol. The molecule has 0 radical (unpaired) electrons. The number of nitrogen functional groups attached to an aromatic ring is 1. The third-order valence-corrected chi connectivity index (χ3v) is 2.51. The number of anilines is 1. The van der Waals surface area contributed by atoms with Crippen molar-refractivity contribution in [3.05, 3.63) is 40.1 Å². The summed E-state index contributed by atoms with van der Waals surface area (Å²) in [7, 11) is 1.43. The largest absolute Gasteiger partial charge is 0.496 e. The Morgan fingerprint density at radius 1 is 1.40 bits per heavy atom. The van der Waals surface area contributed by atoms with Crippen LogP contribution in [0.25, 0.3) is 0 Å². The molecule has 20 heavy (non-hydrogen) atoms. The van der Waals surface area contributed by atoms with Gasteiger partial charge in [0.25, 0.3) is 0 Å². The summed E-state index contributed by atoms with van der Waals surface area (Å²) in [6, 6.07) is 4.27. The number of nitrogens with zero attached hydrogens (tertiary/aromatic N) is 3. The number of nitro benzene ring substituents is 1. The van der Waals surface area contributed by atoms with Gasteiger partial charge in [-0.15, -0.1) is 0 Å². The minimum atomic E-state index is -0.558. The quantitative estimate of drug-likeness (QED) is 0.671. The van der Waals surface area contributed by atoms with Gasteiger partial charge in [-0.3, -0.25) is 10.1 Å². The number of rotatable bonds is 4. The topological polar surface area (TPSA) is 113 Å². The molecule has 1 aromatic heterocycles. The van der Waals surface area contributed by atoms with Crippen molar-refractivity contribution < 1.29 is 14.4 Å². The Bertz CT molecular complexity index is 660. The molecule has 0 aliphatic rings. The van der Waals surface area contributed by atoms with Crippen molar-refractivity contribution in [2.45, 2.75) is 6.92 Å². The lowest BCUT2D eigenvalue weighted by atomic mass is 10.2. The van der Waals surface area contributed by atoms with Crippen LogP contribution in [0.15, 0.2) is 24.4 Å². The van der Waals surface area contributed by atoms with Crippen LogP contribution in [0.1, 0.15) is 5.56 Å². The second-order valence-corrected chi connectivity index (χ2v) is 3.91. The Labute approximate surface area is 114 Å². The van der Waals surface area contributed by atoms with E-state index in [1.807, 2.05) is 0 Å². The zero-order valence-electron chi connectivity index (χ0n) is 10.9. The molecule has 0 saturated heterocycles. The first-order chi connectivity index (χ1) is 9.51. The van der Waals surface area contributed by atoms with Gasteiger partial charge in [-0.25, -0.2) is 4.98 Å². The van der Waals surface area contributed by atoms with E-state index >= 15 is 0 Å². The molecule has 2 N–H and O–H groups in total. The van der Waals surface area contributed by atoms with Gasteiger partial charge in [0.05, 0.1) is 18.1 Å². The summed E-state index contributed by atoms with van der Waals surface area (Å²) in [5.41, 5.74) is 5.86. The lowest BCUT2D eigenvalue weighted by Crippen LogP contribution is -2.00. The van der Waals surface area contributed by atoms with Crippen LogP contribution < -0.4 is 15.2 Å². The summed E-state index contributed by atoms with van der Waals surface area (Å²) in [6.07, 6.45) is 1.48. The number of hydrogen-bond acceptors (Lipinski definition) is 7. The Hall–Kier alpha value is -2.90. The standard InChI is InChI=1S/C12H12N4O4/c1-7-6-14-12(13)15-11(7)20-10-4-3-8(19-2)5-9(10)16(17)18/h3-6H,1-2H3,(H2,13,14,15). The number of benzene rings is 1. The van der Waals surface area contributed by atoms with Gasteiger partial charge in [0.1, 0.15) is 5.75 Å². The van der Waals surface area contributed by atoms with E-state index < -0.39 is 4.92 Å². The summed E-state index contributed by atoms with van der Waals surface area (Å²) < 4.78 is 10.4. The predicted molar refractivity (Wildman–Crippen MR) is 70.9 cm³/mol. The molecule has 0 aliphatic heterocycles. The molecule has 8 nitrogen and oxygen atoms in total. The SMILES string of the molecule is COc1ccc(Oc2nc(N)ncc2C)c([N+](=O)[O-])c1. The van der Waals surface area contributed by atoms with E-state index in [9.17, 15) is 10.1 Å². The average molecular weight is 276 g/mol. The third kappa shape index (κ3) is 2.74. The van der Waals surface area contributed by atoms with Gasteiger partial charge in [-0.05, 0) is 19.1 Å². The van der Waals surface area contributed by atoms with Gasteiger partial charge >= 0.3 is 5.69 Å². The van der Waals surface area contributed by atoms with Crippen molar-refractivity contribution >= 4 is 11.6 Å². The molecule has 0 atom stereocenters. The van der Waals surface area contributed by atoms with E-state index in [2.05, 4.69) is 9.97 Å². The Morgan fingerprint density at radius 2 is 2.15 bits per heavy atom. The fourth-order valence-corrected chi connectivity index (χ4v) is 1.50. The van der Waals surface area contributed by atoms with E-state index in [1.165, 1.54) is 25.4 Å². The van der Waals surface area contributed by atoms with Crippen LogP contribution in [-0.2, 0) is 0 Å². The maximum Gasteiger partial charge on any atom is 0.315 e. The average Bonchev–Trinajstić information content (AvgIpc) is 2.43. The monoisotopic (exact) mass is 276 g/mol. The summed E-state index contributed by atoms with van der Waals surface area (Å²) >= 11 is 0. The number of ether oxygens (including phenoxy) is 2. The summed E-state index contributed by atoms with van der Waals surface area (Å²) in [4.78, 5) is 18.2. The summed E-state index contributed by atoms with van der Waals surface area (Å²) in [5.74, 6) is 0.618. The fraction of sp³-hybridized carbons (Fsp3) is 0.167. The molecule has 0 fully saturated rings. The molecule has 1 heterocycles. The zero-order chi connectivity index (χ0) is 14.7. The molecule has 8 heteroatoms. The molecule has 0 saturated carbocycles. The van der Waals surface area contributed by atoms with Crippen LogP contribution in [0.5, 0.6) is 17.4 Å². The molecule has 0 amide bonds. The highest BCUT2D eigenvalue weighted by Crippen LogP contribution is 2.34. The van der Waals surface area contributed by atoms with Gasteiger partial charge in [0, 0.05) is 11.8 Å². The maximum absolute atomic E-state index is 11.0. The molecule has 2 aromatic rings. The van der Waals surface area contributed by atoms with Crippen molar-refractivity contribution in [2.24, 2.45) is 0 Å². The van der Waals surface area contributed by atoms with E-state index in [4.69, 9.17) is 15.2 Å². The maximum atomic E-state index is 11.0. The van der Waals surface area contributed by atoms with Crippen LogP contribution in [0.3, 0.4) is 0 Å². The van der Waals surface area contributed by atoms with Crippen LogP contribution in [-0.4, -0.2) is 22.0 Å². The number of nitrogens with two attached hydrogens (primary N) is 1. The minimum absolute atomic E-state index is 0.0294. The normalized spacial score (nSPS) is 10.1. The van der Waals surface area contributed by atoms with Crippen molar-refractivity contribution in [1.29, 1.82) is 0 Å². The first kappa shape index (κ1) is 13.5. The zero-order valence-corrected chi connectivity index (χ0v) is 10.9. The molecule has 0 unspecified atom stereocenters. The van der Waals surface area contributed by atoms with Gasteiger partial charge < -0.3 is 15.2 Å². The van der Waals surface area contributed by atoms with Crippen molar-refractivity contribution in [1.82, 2.24) is 9.97 Å². The number of methoxy groups -OCH3 is 1. The van der Waals surface area contributed by atoms with Crippen LogP contribution in [0.2, 0.25) is 0 Å². The van der Waals surface area contributed by atoms with Crippen molar-refractivity contribution in [3.63, 3.8) is 0 Å². The van der Waals surface area contributed by atoms with Gasteiger partial charge in [-0.1, -0.05) is 0 Å². The lowest BCUT2D eigenvalue weighted by molar-refractivity contribution is -0.385. The smallest absolute Gasteiger partial charge is 0.315 e. The first-order valence-electron chi connectivity index (χ1n) is 5.60. The summed E-state index contributed by atoms with van der Waals surface area (Å²) in [5, 5.41) is 11.0. The van der Waals surface area contributed by atoms with Crippen LogP contribution in [0, 0.1) is 17.0 Å². The number of aromatic nitrogens is 2. The minimum Gasteiger partial charge on any atom is -0.496 e. The number of aryl methyl sites for hydroxylation is 1. The Morgan fingerprint density at radius 3 is 2.80 bits per heavy atom. The molecular formula is C12H12N4O4. The van der Waals surface area contributed by atoms with Crippen molar-refractivity contribution in [2.75, 3.05) is 12.8 Å². The Balaban J connectivity index is 2.42. The Kier molecular flexibility index (Phi) is 3.65. The molecule has 2 rings (SSSR count). The van der Waals surface area contributed by atoms with E-state index in [-0.39, 0.29) is 23.3 Å². The highest BCUT2D eigenvalue weighted by Gasteiger charge is 2.18. The first-order valence-corrected chi connectivity index (χ1v) is 5.60. The third-order valence-electron chi connectivity index (χ3n) is 2.51. The van der Waals surface area contributed by atoms with Gasteiger partial charge in [0.2, 0.25) is 17.6 Å². The molecule has 1 aromatic carbocycles. The fourth-order valence-electron chi connectivity index (χ4n) is 1.50. The van der Waals surface area contributed by atoms with Gasteiger partial charge in [-0.2, -0.15) is 4.98 Å². The molecule has 0 spiro atoms. The highest BCUT2D eigenvalue weighted by molar-refractivity contribution is 5.52. The number of nitro groups is 1. The van der Waals surface area contributed by atoms with Crippen LogP contribution in [0.4, 0.5) is 11.6 Å². The number of hydrogen-bond donors (Lipinski definition) is 1. The molecule has 0 aliphatic carbocycles. The van der Waals surface area contributed by atoms with E-state index in [0.717, 1.165) is 0 Å². The second-order valence-electron chi connectivity index (χ2n) is 3.91. The molecule has 104 valence electrons. The van der Waals surface area contributed by atoms with Gasteiger partial charge in [0.15, 0.2) is 0 Å². The highest BCUT2D eigenvalue weighted by atomic mass is 16.6.